The first-order valence-electron chi connectivity index (χ1n) is 20.8. The highest BCUT2D eigenvalue weighted by Gasteiger charge is 2.61. The molecule has 56 heavy (non-hydrogen) atoms. The minimum atomic E-state index is 0.155. The van der Waals surface area contributed by atoms with Crippen LogP contribution >= 0.6 is 0 Å². The van der Waals surface area contributed by atoms with Gasteiger partial charge < -0.3 is 9.47 Å². The van der Waals surface area contributed by atoms with E-state index in [0.717, 1.165) is 29.4 Å². The molecule has 5 aliphatic rings. The summed E-state index contributed by atoms with van der Waals surface area (Å²) >= 11 is 0. The van der Waals surface area contributed by atoms with Crippen LogP contribution in [0.4, 0.5) is 17.1 Å². The first kappa shape index (κ1) is 31.1. The summed E-state index contributed by atoms with van der Waals surface area (Å²) in [5.41, 5.74) is 13.5. The Morgan fingerprint density at radius 3 is 1.70 bits per heavy atom. The zero-order valence-electron chi connectivity index (χ0n) is 31.4. The summed E-state index contributed by atoms with van der Waals surface area (Å²) in [7, 11) is 0. The molecule has 0 saturated heterocycles. The first-order valence-corrected chi connectivity index (χ1v) is 20.8. The molecule has 5 aliphatic carbocycles. The van der Waals surface area contributed by atoms with Crippen molar-refractivity contribution in [2.24, 2.45) is 23.7 Å². The summed E-state index contributed by atoms with van der Waals surface area (Å²) in [6.07, 6.45) is 7.07. The molecule has 268 valence electrons. The minimum absolute atomic E-state index is 0.155. The fraction of sp³-hybridized carbons (Fsp3) is 0.185. The Morgan fingerprint density at radius 1 is 0.429 bits per heavy atom. The van der Waals surface area contributed by atoms with E-state index in [-0.39, 0.29) is 5.41 Å². The van der Waals surface area contributed by atoms with Crippen LogP contribution in [0, 0.1) is 23.7 Å². The van der Waals surface area contributed by atoms with E-state index >= 15 is 0 Å². The van der Waals surface area contributed by atoms with Gasteiger partial charge >= 0.3 is 0 Å². The minimum Gasteiger partial charge on any atom is -0.310 e. The van der Waals surface area contributed by atoms with E-state index in [2.05, 4.69) is 179 Å². The highest BCUT2D eigenvalue weighted by molar-refractivity contribution is 6.15. The standard InChI is InChI=1S/C54H42N2/c1-2-12-42-36(11-1)32-53(45-15-4-3-13-43(42)45)55(39-21-23-40(24-22-39)56-51-19-9-6-16-46(51)47-17-7-10-20-52(47)56)41-25-26-50-48(33-41)44-14-5-8-18-49(44)54(50)37-28-34-27-35(30-37)31-38(54)29-34/h1-26,32-35,37-38H,27-31H2. The normalized spacial score (nSPS) is 23.1. The number of rotatable bonds is 4. The van der Waals surface area contributed by atoms with Gasteiger partial charge in [0.05, 0.1) is 16.7 Å². The van der Waals surface area contributed by atoms with Crippen molar-refractivity contribution in [1.82, 2.24) is 4.57 Å². The molecule has 8 aromatic carbocycles. The predicted octanol–water partition coefficient (Wildman–Crippen LogP) is 14.3. The van der Waals surface area contributed by atoms with Crippen molar-refractivity contribution in [3.63, 3.8) is 0 Å². The van der Waals surface area contributed by atoms with Crippen LogP contribution in [0.25, 0.3) is 60.2 Å². The number of para-hydroxylation sites is 2. The Balaban J connectivity index is 1.03. The summed E-state index contributed by atoms with van der Waals surface area (Å²) in [5, 5.41) is 7.66. The van der Waals surface area contributed by atoms with Gasteiger partial charge in [-0.3, -0.25) is 0 Å². The molecule has 4 bridgehead atoms. The molecular weight excluding hydrogens is 677 g/mol. The van der Waals surface area contributed by atoms with E-state index in [1.165, 1.54) is 104 Å². The monoisotopic (exact) mass is 718 g/mol. The van der Waals surface area contributed by atoms with Gasteiger partial charge in [-0.25, -0.2) is 0 Å². The first-order chi connectivity index (χ1) is 27.7. The molecule has 4 saturated carbocycles. The molecule has 0 unspecified atom stereocenters. The second-order valence-electron chi connectivity index (χ2n) is 17.3. The van der Waals surface area contributed by atoms with Gasteiger partial charge in [-0.1, -0.05) is 115 Å². The second kappa shape index (κ2) is 11.5. The summed E-state index contributed by atoms with van der Waals surface area (Å²) in [5.74, 6) is 3.36. The number of aromatic nitrogens is 1. The van der Waals surface area contributed by atoms with Crippen LogP contribution in [0.3, 0.4) is 0 Å². The number of hydrogen-bond donors (Lipinski definition) is 0. The fourth-order valence-electron chi connectivity index (χ4n) is 12.9. The number of benzene rings is 8. The van der Waals surface area contributed by atoms with Crippen LogP contribution in [-0.4, -0.2) is 4.57 Å². The van der Waals surface area contributed by atoms with Gasteiger partial charge in [0.15, 0.2) is 0 Å². The van der Waals surface area contributed by atoms with E-state index in [1.807, 2.05) is 0 Å². The van der Waals surface area contributed by atoms with Gasteiger partial charge in [-0.2, -0.15) is 0 Å². The maximum Gasteiger partial charge on any atom is 0.0546 e. The Kier molecular flexibility index (Phi) is 6.37. The molecule has 1 spiro atoms. The maximum absolute atomic E-state index is 2.57. The van der Waals surface area contributed by atoms with Gasteiger partial charge in [0, 0.05) is 38.6 Å². The van der Waals surface area contributed by atoms with Crippen molar-refractivity contribution in [1.29, 1.82) is 0 Å². The van der Waals surface area contributed by atoms with E-state index in [1.54, 1.807) is 11.1 Å². The molecule has 0 N–H and O–H groups in total. The van der Waals surface area contributed by atoms with Crippen LogP contribution in [0.15, 0.2) is 170 Å². The lowest BCUT2D eigenvalue weighted by molar-refractivity contribution is -0.0399. The molecule has 4 fully saturated rings. The molecule has 1 heterocycles. The van der Waals surface area contributed by atoms with Gasteiger partial charge in [0.25, 0.3) is 0 Å². The average Bonchev–Trinajstić information content (AvgIpc) is 3.74. The maximum atomic E-state index is 2.57. The summed E-state index contributed by atoms with van der Waals surface area (Å²) < 4.78 is 2.42. The molecule has 2 heteroatoms. The molecule has 0 radical (unpaired) electrons. The second-order valence-corrected chi connectivity index (χ2v) is 17.3. The van der Waals surface area contributed by atoms with Crippen LogP contribution in [0.1, 0.15) is 43.2 Å². The number of nitrogens with zero attached hydrogens (tertiary/aromatic N) is 2. The SMILES string of the molecule is c1ccc2c(c1)-c1cc(N(c3ccc(-n4c5ccccc5c5ccccc54)cc3)c3cc4ccccc4c4ccccc34)ccc1C21C2CC3CC(C2)CC1C3. The summed E-state index contributed by atoms with van der Waals surface area (Å²) in [6, 6.07) is 64.2. The Hall–Kier alpha value is -6.12. The number of fused-ring (bicyclic) bond motifs is 9. The molecule has 9 aromatic rings. The third-order valence-corrected chi connectivity index (χ3v) is 14.7. The topological polar surface area (TPSA) is 8.17 Å². The molecule has 14 rings (SSSR count). The summed E-state index contributed by atoms with van der Waals surface area (Å²) in [6.45, 7) is 0. The van der Waals surface area contributed by atoms with Gasteiger partial charge in [-0.05, 0) is 149 Å². The van der Waals surface area contributed by atoms with Crippen molar-refractivity contribution in [3.05, 3.63) is 181 Å². The molecular formula is C54H42N2. The van der Waals surface area contributed by atoms with Crippen LogP contribution < -0.4 is 4.90 Å². The van der Waals surface area contributed by atoms with Crippen LogP contribution in [-0.2, 0) is 5.41 Å². The Morgan fingerprint density at radius 2 is 0.982 bits per heavy atom. The van der Waals surface area contributed by atoms with Crippen LogP contribution in [0.2, 0.25) is 0 Å². The zero-order valence-corrected chi connectivity index (χ0v) is 31.4. The van der Waals surface area contributed by atoms with E-state index < -0.39 is 0 Å². The number of anilines is 3. The van der Waals surface area contributed by atoms with Crippen LogP contribution in [0.5, 0.6) is 0 Å². The molecule has 0 atom stereocenters. The van der Waals surface area contributed by atoms with Crippen molar-refractivity contribution in [2.45, 2.75) is 37.5 Å². The van der Waals surface area contributed by atoms with Crippen molar-refractivity contribution in [2.75, 3.05) is 4.90 Å². The van der Waals surface area contributed by atoms with E-state index in [0.29, 0.717) is 0 Å². The van der Waals surface area contributed by atoms with Crippen molar-refractivity contribution < 1.29 is 0 Å². The third kappa shape index (κ3) is 4.12. The highest BCUT2D eigenvalue weighted by atomic mass is 15.1. The fourth-order valence-corrected chi connectivity index (χ4v) is 12.9. The lowest BCUT2D eigenvalue weighted by Crippen LogP contribution is -2.55. The van der Waals surface area contributed by atoms with Crippen molar-refractivity contribution in [3.8, 4) is 16.8 Å². The quantitative estimate of drug-likeness (QED) is 0.165. The summed E-state index contributed by atoms with van der Waals surface area (Å²) in [4.78, 5) is 2.54. The van der Waals surface area contributed by atoms with E-state index in [9.17, 15) is 0 Å². The Labute approximate surface area is 327 Å². The van der Waals surface area contributed by atoms with Gasteiger partial charge in [-0.15, -0.1) is 0 Å². The average molecular weight is 719 g/mol. The largest absolute Gasteiger partial charge is 0.310 e. The smallest absolute Gasteiger partial charge is 0.0546 e. The Bertz CT molecular complexity index is 2970. The van der Waals surface area contributed by atoms with E-state index in [4.69, 9.17) is 0 Å². The predicted molar refractivity (Wildman–Crippen MR) is 234 cm³/mol. The lowest BCUT2D eigenvalue weighted by Gasteiger charge is -2.61. The molecule has 0 aliphatic heterocycles. The van der Waals surface area contributed by atoms with Crippen molar-refractivity contribution >= 4 is 60.4 Å². The van der Waals surface area contributed by atoms with Gasteiger partial charge in [0.2, 0.25) is 0 Å². The highest BCUT2D eigenvalue weighted by Crippen LogP contribution is 2.69. The van der Waals surface area contributed by atoms with Gasteiger partial charge in [0.1, 0.15) is 0 Å². The zero-order chi connectivity index (χ0) is 36.5. The lowest BCUT2D eigenvalue weighted by atomic mass is 9.43. The number of hydrogen-bond acceptors (Lipinski definition) is 1. The molecule has 2 nitrogen and oxygen atoms in total. The molecule has 1 aromatic heterocycles. The third-order valence-electron chi connectivity index (χ3n) is 14.7. The molecule has 0 amide bonds.